The third-order valence-corrected chi connectivity index (χ3v) is 4.69. The lowest BCUT2D eigenvalue weighted by Gasteiger charge is -2.47. The molecule has 0 saturated carbocycles. The topological polar surface area (TPSA) is 41.5 Å². The maximum Gasteiger partial charge on any atom is 0.147 e. The van der Waals surface area contributed by atoms with Crippen molar-refractivity contribution in [3.05, 3.63) is 18.1 Å². The maximum atomic E-state index is 5.35. The van der Waals surface area contributed by atoms with Crippen molar-refractivity contribution in [3.8, 4) is 12.3 Å². The van der Waals surface area contributed by atoms with Crippen LogP contribution in [0.1, 0.15) is 18.5 Å². The number of piperazine rings is 1. The number of rotatable bonds is 2. The summed E-state index contributed by atoms with van der Waals surface area (Å²) < 4.78 is 5.35. The highest BCUT2D eigenvalue weighted by Crippen LogP contribution is 2.35. The zero-order valence-electron chi connectivity index (χ0n) is 11.4. The Morgan fingerprint density at radius 1 is 1.10 bits per heavy atom. The fraction of sp³-hybridized carbons (Fsp3) is 0.600. The van der Waals surface area contributed by atoms with Crippen LogP contribution >= 0.6 is 0 Å². The molecule has 3 fully saturated rings. The Bertz CT molecular complexity index is 520. The first-order chi connectivity index (χ1) is 9.85. The largest absolute Gasteiger partial charge is 0.378 e. The predicted octanol–water partition coefficient (Wildman–Crippen LogP) is 0.510. The number of ether oxygens (including phenoxy) is 1. The second-order valence-electron chi connectivity index (χ2n) is 5.83. The molecule has 104 valence electrons. The van der Waals surface area contributed by atoms with Crippen LogP contribution in [0.3, 0.4) is 0 Å². The SMILES string of the molecule is C#Cc1cnc(N2CC3CCC(C2)N3C2COC2)cn1. The van der Waals surface area contributed by atoms with Crippen LogP contribution in [0.25, 0.3) is 0 Å². The van der Waals surface area contributed by atoms with Gasteiger partial charge in [0.1, 0.15) is 11.5 Å². The fourth-order valence-corrected chi connectivity index (χ4v) is 3.67. The zero-order valence-corrected chi connectivity index (χ0v) is 11.4. The first-order valence-electron chi connectivity index (χ1n) is 7.24. The fourth-order valence-electron chi connectivity index (χ4n) is 3.67. The minimum absolute atomic E-state index is 0.599. The van der Waals surface area contributed by atoms with Crippen molar-refractivity contribution in [3.63, 3.8) is 0 Å². The molecule has 0 radical (unpaired) electrons. The molecule has 2 bridgehead atoms. The molecule has 4 rings (SSSR count). The van der Waals surface area contributed by atoms with Gasteiger partial charge in [-0.15, -0.1) is 6.42 Å². The van der Waals surface area contributed by atoms with E-state index in [1.165, 1.54) is 12.8 Å². The van der Waals surface area contributed by atoms with Crippen molar-refractivity contribution in [2.24, 2.45) is 0 Å². The summed E-state index contributed by atoms with van der Waals surface area (Å²) in [4.78, 5) is 13.7. The van der Waals surface area contributed by atoms with Crippen LogP contribution < -0.4 is 4.90 Å². The average Bonchev–Trinajstić information content (AvgIpc) is 2.69. The van der Waals surface area contributed by atoms with Gasteiger partial charge in [-0.3, -0.25) is 4.90 Å². The summed E-state index contributed by atoms with van der Waals surface area (Å²) in [6.45, 7) is 3.89. The molecule has 0 aromatic carbocycles. The molecule has 3 aliphatic heterocycles. The number of aromatic nitrogens is 2. The highest BCUT2D eigenvalue weighted by molar-refractivity contribution is 5.39. The molecule has 2 unspecified atom stereocenters. The number of nitrogens with zero attached hydrogens (tertiary/aromatic N) is 4. The summed E-state index contributed by atoms with van der Waals surface area (Å²) in [5.41, 5.74) is 0.599. The molecular weight excluding hydrogens is 252 g/mol. The van der Waals surface area contributed by atoms with Crippen molar-refractivity contribution < 1.29 is 4.74 Å². The number of terminal acetylenes is 1. The number of anilines is 1. The molecule has 0 N–H and O–H groups in total. The minimum Gasteiger partial charge on any atom is -0.378 e. The molecule has 3 aliphatic rings. The van der Waals surface area contributed by atoms with E-state index >= 15 is 0 Å². The van der Waals surface area contributed by atoms with Crippen molar-refractivity contribution in [1.29, 1.82) is 0 Å². The Morgan fingerprint density at radius 2 is 1.85 bits per heavy atom. The van der Waals surface area contributed by atoms with Gasteiger partial charge in [0.05, 0.1) is 31.6 Å². The van der Waals surface area contributed by atoms with Crippen LogP contribution in [-0.2, 0) is 4.74 Å². The Labute approximate surface area is 119 Å². The molecule has 1 aromatic rings. The quantitative estimate of drug-likeness (QED) is 0.733. The number of hydrogen-bond donors (Lipinski definition) is 0. The van der Waals surface area contributed by atoms with Crippen LogP contribution in [0.2, 0.25) is 0 Å². The van der Waals surface area contributed by atoms with Gasteiger partial charge in [-0.05, 0) is 18.8 Å². The Kier molecular flexibility index (Phi) is 2.86. The second kappa shape index (κ2) is 4.72. The van der Waals surface area contributed by atoms with Gasteiger partial charge in [-0.1, -0.05) is 0 Å². The summed E-state index contributed by atoms with van der Waals surface area (Å²) in [5, 5.41) is 0. The van der Waals surface area contributed by atoms with Gasteiger partial charge in [0.15, 0.2) is 0 Å². The number of hydrogen-bond acceptors (Lipinski definition) is 5. The molecule has 0 spiro atoms. The number of fused-ring (bicyclic) bond motifs is 2. The zero-order chi connectivity index (χ0) is 13.5. The molecule has 3 saturated heterocycles. The molecule has 4 heterocycles. The van der Waals surface area contributed by atoms with Gasteiger partial charge < -0.3 is 9.64 Å². The van der Waals surface area contributed by atoms with Crippen molar-refractivity contribution >= 4 is 5.82 Å². The van der Waals surface area contributed by atoms with E-state index in [9.17, 15) is 0 Å². The minimum atomic E-state index is 0.599. The third-order valence-electron chi connectivity index (χ3n) is 4.69. The molecule has 0 aliphatic carbocycles. The van der Waals surface area contributed by atoms with Gasteiger partial charge >= 0.3 is 0 Å². The summed E-state index contributed by atoms with van der Waals surface area (Å²) in [6.07, 6.45) is 11.4. The highest BCUT2D eigenvalue weighted by atomic mass is 16.5. The van der Waals surface area contributed by atoms with Gasteiger partial charge in [0.2, 0.25) is 0 Å². The van der Waals surface area contributed by atoms with E-state index in [1.54, 1.807) is 12.4 Å². The summed E-state index contributed by atoms with van der Waals surface area (Å²) in [5.74, 6) is 3.46. The molecule has 1 aromatic heterocycles. The molecule has 5 heteroatoms. The van der Waals surface area contributed by atoms with Crippen LogP contribution in [0, 0.1) is 12.3 Å². The van der Waals surface area contributed by atoms with E-state index in [4.69, 9.17) is 11.2 Å². The summed E-state index contributed by atoms with van der Waals surface area (Å²) >= 11 is 0. The van der Waals surface area contributed by atoms with Gasteiger partial charge in [0, 0.05) is 25.2 Å². The maximum absolute atomic E-state index is 5.35. The molecule has 2 atom stereocenters. The van der Waals surface area contributed by atoms with E-state index in [2.05, 4.69) is 25.7 Å². The second-order valence-corrected chi connectivity index (χ2v) is 5.83. The normalized spacial score (nSPS) is 30.1. The molecular formula is C15H18N4O. The predicted molar refractivity (Wildman–Crippen MR) is 75.4 cm³/mol. The Balaban J connectivity index is 1.51. The standard InChI is InChI=1S/C15H18N4O/c1-2-11-5-17-15(6-16-11)18-7-12-3-4-13(8-18)19(12)14-9-20-10-14/h1,5-6,12-14H,3-4,7-10H2. The van der Waals surface area contributed by atoms with Gasteiger partial charge in [0.25, 0.3) is 0 Å². The summed E-state index contributed by atoms with van der Waals surface area (Å²) in [6, 6.07) is 1.91. The highest BCUT2D eigenvalue weighted by Gasteiger charge is 2.45. The monoisotopic (exact) mass is 270 g/mol. The van der Waals surface area contributed by atoms with Crippen molar-refractivity contribution in [2.75, 3.05) is 31.2 Å². The van der Waals surface area contributed by atoms with E-state index in [0.29, 0.717) is 23.8 Å². The van der Waals surface area contributed by atoms with E-state index in [-0.39, 0.29) is 0 Å². The first-order valence-corrected chi connectivity index (χ1v) is 7.24. The lowest BCUT2D eigenvalue weighted by Crippen LogP contribution is -2.62. The lowest BCUT2D eigenvalue weighted by atomic mass is 10.1. The molecule has 5 nitrogen and oxygen atoms in total. The molecule has 20 heavy (non-hydrogen) atoms. The lowest BCUT2D eigenvalue weighted by molar-refractivity contribution is -0.0850. The van der Waals surface area contributed by atoms with E-state index < -0.39 is 0 Å². The van der Waals surface area contributed by atoms with Gasteiger partial charge in [-0.25, -0.2) is 9.97 Å². The first kappa shape index (κ1) is 12.1. The third kappa shape index (κ3) is 1.88. The van der Waals surface area contributed by atoms with Crippen molar-refractivity contribution in [1.82, 2.24) is 14.9 Å². The smallest absolute Gasteiger partial charge is 0.147 e. The van der Waals surface area contributed by atoms with Gasteiger partial charge in [-0.2, -0.15) is 0 Å². The van der Waals surface area contributed by atoms with E-state index in [1.807, 2.05) is 0 Å². The Hall–Kier alpha value is -1.64. The Morgan fingerprint density at radius 3 is 2.35 bits per heavy atom. The van der Waals surface area contributed by atoms with Crippen LogP contribution in [0.5, 0.6) is 0 Å². The molecule has 0 amide bonds. The van der Waals surface area contributed by atoms with Crippen LogP contribution in [-0.4, -0.2) is 59.3 Å². The van der Waals surface area contributed by atoms with Crippen LogP contribution in [0.4, 0.5) is 5.82 Å². The van der Waals surface area contributed by atoms with Crippen LogP contribution in [0.15, 0.2) is 12.4 Å². The van der Waals surface area contributed by atoms with E-state index in [0.717, 1.165) is 32.1 Å². The average molecular weight is 270 g/mol. The van der Waals surface area contributed by atoms with Crippen molar-refractivity contribution in [2.45, 2.75) is 31.0 Å². The summed E-state index contributed by atoms with van der Waals surface area (Å²) in [7, 11) is 0.